The SMILES string of the molecule is Cc1cc(C)c(CC(O)C2CN(C(C)C)CCO2)c(C)c1. The minimum absolute atomic E-state index is 0.0822. The Morgan fingerprint density at radius 3 is 2.43 bits per heavy atom. The maximum atomic E-state index is 10.6. The van der Waals surface area contributed by atoms with E-state index in [9.17, 15) is 5.11 Å². The number of aryl methyl sites for hydroxylation is 3. The molecule has 0 aromatic heterocycles. The van der Waals surface area contributed by atoms with Crippen LogP contribution in [-0.2, 0) is 11.2 Å². The molecule has 0 radical (unpaired) electrons. The lowest BCUT2D eigenvalue weighted by Crippen LogP contribution is -2.50. The van der Waals surface area contributed by atoms with Crippen molar-refractivity contribution in [3.05, 3.63) is 34.4 Å². The summed E-state index contributed by atoms with van der Waals surface area (Å²) in [5.41, 5.74) is 5.08. The van der Waals surface area contributed by atoms with Crippen LogP contribution in [0.1, 0.15) is 36.1 Å². The first kappa shape index (κ1) is 16.5. The first-order valence-corrected chi connectivity index (χ1v) is 7.99. The van der Waals surface area contributed by atoms with Crippen molar-refractivity contribution < 1.29 is 9.84 Å². The Hall–Kier alpha value is -0.900. The maximum absolute atomic E-state index is 10.6. The average molecular weight is 291 g/mol. The molecule has 0 amide bonds. The second kappa shape index (κ2) is 6.91. The van der Waals surface area contributed by atoms with Crippen molar-refractivity contribution in [3.8, 4) is 0 Å². The van der Waals surface area contributed by atoms with Crippen molar-refractivity contribution in [2.45, 2.75) is 59.3 Å². The van der Waals surface area contributed by atoms with Crippen LogP contribution >= 0.6 is 0 Å². The third kappa shape index (κ3) is 4.06. The average Bonchev–Trinajstić information content (AvgIpc) is 2.42. The summed E-state index contributed by atoms with van der Waals surface area (Å²) in [5, 5.41) is 10.6. The summed E-state index contributed by atoms with van der Waals surface area (Å²) < 4.78 is 5.80. The van der Waals surface area contributed by atoms with Crippen LogP contribution in [0.15, 0.2) is 12.1 Å². The number of benzene rings is 1. The zero-order chi connectivity index (χ0) is 15.6. The predicted molar refractivity (Wildman–Crippen MR) is 86.8 cm³/mol. The summed E-state index contributed by atoms with van der Waals surface area (Å²) in [5.74, 6) is 0. The molecule has 0 aliphatic carbocycles. The zero-order valence-corrected chi connectivity index (χ0v) is 14.0. The van der Waals surface area contributed by atoms with Gasteiger partial charge in [-0.05, 0) is 51.3 Å². The lowest BCUT2D eigenvalue weighted by atomic mass is 9.93. The fraction of sp³-hybridized carbons (Fsp3) is 0.667. The van der Waals surface area contributed by atoms with E-state index in [4.69, 9.17) is 4.74 Å². The molecule has 0 spiro atoms. The minimum Gasteiger partial charge on any atom is -0.390 e. The quantitative estimate of drug-likeness (QED) is 0.925. The van der Waals surface area contributed by atoms with E-state index in [1.807, 2.05) is 0 Å². The molecule has 1 fully saturated rings. The molecular weight excluding hydrogens is 262 g/mol. The van der Waals surface area contributed by atoms with Crippen LogP contribution in [-0.4, -0.2) is 48.0 Å². The number of aliphatic hydroxyl groups is 1. The summed E-state index contributed by atoms with van der Waals surface area (Å²) in [4.78, 5) is 2.38. The monoisotopic (exact) mass is 291 g/mol. The van der Waals surface area contributed by atoms with E-state index in [1.165, 1.54) is 22.3 Å². The smallest absolute Gasteiger partial charge is 0.0964 e. The molecule has 1 aromatic rings. The van der Waals surface area contributed by atoms with Crippen LogP contribution in [0, 0.1) is 20.8 Å². The minimum atomic E-state index is -0.438. The van der Waals surface area contributed by atoms with Crippen LogP contribution < -0.4 is 0 Å². The highest BCUT2D eigenvalue weighted by atomic mass is 16.5. The standard InChI is InChI=1S/C18H29NO2/c1-12(2)19-6-7-21-18(11-19)17(20)10-16-14(4)8-13(3)9-15(16)5/h8-9,12,17-18,20H,6-7,10-11H2,1-5H3. The summed E-state index contributed by atoms with van der Waals surface area (Å²) >= 11 is 0. The van der Waals surface area contributed by atoms with Crippen molar-refractivity contribution in [3.63, 3.8) is 0 Å². The third-order valence-corrected chi connectivity index (χ3v) is 4.54. The molecule has 1 N–H and O–H groups in total. The van der Waals surface area contributed by atoms with E-state index in [1.54, 1.807) is 0 Å². The van der Waals surface area contributed by atoms with Gasteiger partial charge in [0.2, 0.25) is 0 Å². The van der Waals surface area contributed by atoms with Crippen molar-refractivity contribution in [1.29, 1.82) is 0 Å². The van der Waals surface area contributed by atoms with Crippen molar-refractivity contribution in [2.24, 2.45) is 0 Å². The van der Waals surface area contributed by atoms with Crippen LogP contribution in [0.2, 0.25) is 0 Å². The van der Waals surface area contributed by atoms with Gasteiger partial charge < -0.3 is 9.84 Å². The van der Waals surface area contributed by atoms with E-state index >= 15 is 0 Å². The molecule has 21 heavy (non-hydrogen) atoms. The summed E-state index contributed by atoms with van der Waals surface area (Å²) in [6, 6.07) is 4.89. The van der Waals surface area contributed by atoms with E-state index in [0.29, 0.717) is 19.1 Å². The second-order valence-corrected chi connectivity index (χ2v) is 6.65. The van der Waals surface area contributed by atoms with Crippen LogP contribution in [0.25, 0.3) is 0 Å². The molecule has 1 heterocycles. The van der Waals surface area contributed by atoms with Gasteiger partial charge in [-0.2, -0.15) is 0 Å². The first-order chi connectivity index (χ1) is 9.88. The Labute approximate surface area is 128 Å². The van der Waals surface area contributed by atoms with Crippen molar-refractivity contribution in [1.82, 2.24) is 4.90 Å². The lowest BCUT2D eigenvalue weighted by Gasteiger charge is -2.37. The Kier molecular flexibility index (Phi) is 5.42. The summed E-state index contributed by atoms with van der Waals surface area (Å²) in [6.45, 7) is 13.3. The highest BCUT2D eigenvalue weighted by Crippen LogP contribution is 2.21. The molecule has 2 unspecified atom stereocenters. The van der Waals surface area contributed by atoms with Gasteiger partial charge in [-0.15, -0.1) is 0 Å². The summed E-state index contributed by atoms with van der Waals surface area (Å²) in [6.07, 6.45) is 0.155. The number of hydrogen-bond acceptors (Lipinski definition) is 3. The van der Waals surface area contributed by atoms with Gasteiger partial charge in [-0.3, -0.25) is 4.90 Å². The van der Waals surface area contributed by atoms with Gasteiger partial charge in [0.05, 0.1) is 18.8 Å². The van der Waals surface area contributed by atoms with Crippen molar-refractivity contribution in [2.75, 3.05) is 19.7 Å². The molecule has 2 rings (SSSR count). The largest absolute Gasteiger partial charge is 0.390 e. The molecule has 1 saturated heterocycles. The molecule has 3 nitrogen and oxygen atoms in total. The predicted octanol–water partition coefficient (Wildman–Crippen LogP) is 2.62. The van der Waals surface area contributed by atoms with E-state index in [0.717, 1.165) is 13.1 Å². The van der Waals surface area contributed by atoms with E-state index < -0.39 is 6.10 Å². The number of aliphatic hydroxyl groups excluding tert-OH is 1. The van der Waals surface area contributed by atoms with Gasteiger partial charge in [0.1, 0.15) is 0 Å². The third-order valence-electron chi connectivity index (χ3n) is 4.54. The Bertz CT molecular complexity index is 461. The Balaban J connectivity index is 2.06. The topological polar surface area (TPSA) is 32.7 Å². The van der Waals surface area contributed by atoms with Gasteiger partial charge in [0, 0.05) is 25.6 Å². The molecule has 0 bridgehead atoms. The number of rotatable bonds is 4. The van der Waals surface area contributed by atoms with Crippen molar-refractivity contribution >= 4 is 0 Å². The highest BCUT2D eigenvalue weighted by Gasteiger charge is 2.28. The molecule has 0 saturated carbocycles. The van der Waals surface area contributed by atoms with E-state index in [2.05, 4.69) is 51.7 Å². The molecule has 118 valence electrons. The summed E-state index contributed by atoms with van der Waals surface area (Å²) in [7, 11) is 0. The zero-order valence-electron chi connectivity index (χ0n) is 14.0. The number of hydrogen-bond donors (Lipinski definition) is 1. The molecule has 1 aromatic carbocycles. The molecule has 1 aliphatic rings. The van der Waals surface area contributed by atoms with Crippen LogP contribution in [0.4, 0.5) is 0 Å². The van der Waals surface area contributed by atoms with Gasteiger partial charge in [-0.25, -0.2) is 0 Å². The number of ether oxygens (including phenoxy) is 1. The van der Waals surface area contributed by atoms with Gasteiger partial charge in [0.25, 0.3) is 0 Å². The molecule has 1 aliphatic heterocycles. The number of nitrogens with zero attached hydrogens (tertiary/aromatic N) is 1. The van der Waals surface area contributed by atoms with Crippen LogP contribution in [0.3, 0.4) is 0 Å². The van der Waals surface area contributed by atoms with Crippen LogP contribution in [0.5, 0.6) is 0 Å². The Morgan fingerprint density at radius 2 is 1.86 bits per heavy atom. The maximum Gasteiger partial charge on any atom is 0.0964 e. The van der Waals surface area contributed by atoms with Gasteiger partial charge in [-0.1, -0.05) is 17.7 Å². The normalized spacial score (nSPS) is 21.8. The fourth-order valence-corrected chi connectivity index (χ4v) is 3.27. The number of morpholine rings is 1. The fourth-order valence-electron chi connectivity index (χ4n) is 3.27. The lowest BCUT2D eigenvalue weighted by molar-refractivity contribution is -0.0941. The molecule has 2 atom stereocenters. The second-order valence-electron chi connectivity index (χ2n) is 6.65. The Morgan fingerprint density at radius 1 is 1.24 bits per heavy atom. The van der Waals surface area contributed by atoms with Gasteiger partial charge in [0.15, 0.2) is 0 Å². The molecule has 3 heteroatoms. The highest BCUT2D eigenvalue weighted by molar-refractivity contribution is 5.38. The van der Waals surface area contributed by atoms with Gasteiger partial charge >= 0.3 is 0 Å². The van der Waals surface area contributed by atoms with E-state index in [-0.39, 0.29) is 6.10 Å². The molecular formula is C18H29NO2. The first-order valence-electron chi connectivity index (χ1n) is 7.99.